The molecular weight excluding hydrogens is 356 g/mol. The van der Waals surface area contributed by atoms with Gasteiger partial charge in [0.1, 0.15) is 18.1 Å². The smallest absolute Gasteiger partial charge is 0.321 e. The Kier molecular flexibility index (Phi) is 7.14. The second-order valence-corrected chi connectivity index (χ2v) is 7.03. The molecular formula is C22H28N2O4. The average Bonchev–Trinajstić information content (AvgIpc) is 3.53. The van der Waals surface area contributed by atoms with Crippen molar-refractivity contribution in [2.24, 2.45) is 5.92 Å². The van der Waals surface area contributed by atoms with E-state index in [1.807, 2.05) is 48.5 Å². The highest BCUT2D eigenvalue weighted by Gasteiger charge is 2.21. The average molecular weight is 384 g/mol. The van der Waals surface area contributed by atoms with Crippen molar-refractivity contribution in [1.29, 1.82) is 0 Å². The summed E-state index contributed by atoms with van der Waals surface area (Å²) in [6, 6.07) is 15.0. The Morgan fingerprint density at radius 2 is 1.89 bits per heavy atom. The molecule has 0 heterocycles. The van der Waals surface area contributed by atoms with Crippen LogP contribution in [0.2, 0.25) is 0 Å². The molecule has 150 valence electrons. The van der Waals surface area contributed by atoms with Crippen LogP contribution in [0.15, 0.2) is 48.5 Å². The second-order valence-electron chi connectivity index (χ2n) is 7.03. The zero-order valence-corrected chi connectivity index (χ0v) is 16.5. The summed E-state index contributed by atoms with van der Waals surface area (Å²) in [6.45, 7) is 2.28. The van der Waals surface area contributed by atoms with Crippen LogP contribution < -0.4 is 14.8 Å². The normalized spacial score (nSPS) is 13.1. The zero-order valence-electron chi connectivity index (χ0n) is 16.5. The van der Waals surface area contributed by atoms with Crippen LogP contribution in [0, 0.1) is 5.92 Å². The Balaban J connectivity index is 1.40. The lowest BCUT2D eigenvalue weighted by Crippen LogP contribution is -2.34. The molecule has 1 N–H and O–H groups in total. The number of benzene rings is 2. The van der Waals surface area contributed by atoms with Crippen LogP contribution >= 0.6 is 0 Å². The molecule has 0 saturated heterocycles. The summed E-state index contributed by atoms with van der Waals surface area (Å²) in [5.41, 5.74) is 1.82. The molecule has 0 bridgehead atoms. The molecule has 2 aromatic carbocycles. The summed E-state index contributed by atoms with van der Waals surface area (Å²) in [4.78, 5) is 14.0. The zero-order chi connectivity index (χ0) is 19.8. The van der Waals surface area contributed by atoms with Crippen LogP contribution in [0.1, 0.15) is 18.4 Å². The highest BCUT2D eigenvalue weighted by molar-refractivity contribution is 5.89. The van der Waals surface area contributed by atoms with Crippen LogP contribution in [0.5, 0.6) is 11.5 Å². The number of likely N-dealkylation sites (N-methyl/N-ethyl adjacent to an activating group) is 1. The van der Waals surface area contributed by atoms with Crippen molar-refractivity contribution in [2.75, 3.05) is 39.2 Å². The minimum absolute atomic E-state index is 0.172. The maximum atomic E-state index is 12.4. The maximum absolute atomic E-state index is 12.4. The lowest BCUT2D eigenvalue weighted by Gasteiger charge is -2.18. The van der Waals surface area contributed by atoms with Crippen LogP contribution in [0.4, 0.5) is 10.5 Å². The number of amides is 2. The Labute approximate surface area is 166 Å². The van der Waals surface area contributed by atoms with Gasteiger partial charge >= 0.3 is 6.03 Å². The van der Waals surface area contributed by atoms with Gasteiger partial charge in [-0.1, -0.05) is 12.1 Å². The van der Waals surface area contributed by atoms with Crippen molar-refractivity contribution < 1.29 is 19.0 Å². The number of urea groups is 1. The highest BCUT2D eigenvalue weighted by Crippen LogP contribution is 2.29. The van der Waals surface area contributed by atoms with E-state index in [9.17, 15) is 4.79 Å². The summed E-state index contributed by atoms with van der Waals surface area (Å²) in [5, 5.41) is 2.92. The molecule has 0 atom stereocenters. The molecule has 3 rings (SSSR count). The van der Waals surface area contributed by atoms with E-state index in [0.29, 0.717) is 19.8 Å². The molecule has 1 aliphatic carbocycles. The second kappa shape index (κ2) is 9.99. The third-order valence-electron chi connectivity index (χ3n) is 4.60. The van der Waals surface area contributed by atoms with Gasteiger partial charge in [-0.05, 0) is 60.7 Å². The summed E-state index contributed by atoms with van der Waals surface area (Å²) in [7, 11) is 3.37. The van der Waals surface area contributed by atoms with Crippen LogP contribution in [0.3, 0.4) is 0 Å². The fourth-order valence-electron chi connectivity index (χ4n) is 2.66. The first kappa shape index (κ1) is 20.0. The van der Waals surface area contributed by atoms with Gasteiger partial charge in [-0.3, -0.25) is 0 Å². The highest BCUT2D eigenvalue weighted by atomic mass is 16.5. The lowest BCUT2D eigenvalue weighted by atomic mass is 10.2. The Morgan fingerprint density at radius 3 is 2.61 bits per heavy atom. The van der Waals surface area contributed by atoms with Crippen molar-refractivity contribution >= 4 is 11.7 Å². The molecule has 0 spiro atoms. The van der Waals surface area contributed by atoms with Gasteiger partial charge in [0.05, 0.1) is 20.3 Å². The Morgan fingerprint density at radius 1 is 1.14 bits per heavy atom. The summed E-state index contributed by atoms with van der Waals surface area (Å²) >= 11 is 0. The number of carbonyl (C=O) groups excluding carboxylic acids is 1. The number of nitrogens with zero attached hydrogens (tertiary/aromatic N) is 1. The topological polar surface area (TPSA) is 60.0 Å². The van der Waals surface area contributed by atoms with Gasteiger partial charge in [0.2, 0.25) is 0 Å². The summed E-state index contributed by atoms with van der Waals surface area (Å²) in [5.74, 6) is 2.27. The SMILES string of the molecule is COc1ccc(OCCN(C)C(=O)Nc2cccc(COCC3CC3)c2)cc1. The van der Waals surface area contributed by atoms with Gasteiger partial charge < -0.3 is 24.4 Å². The third kappa shape index (κ3) is 6.46. The van der Waals surface area contributed by atoms with E-state index >= 15 is 0 Å². The molecule has 1 saturated carbocycles. The Bertz CT molecular complexity index is 759. The standard InChI is InChI=1S/C22H28N2O4/c1-24(12-13-28-21-10-8-20(26-2)9-11-21)22(25)23-19-5-3-4-18(14-19)16-27-15-17-6-7-17/h3-5,8-11,14,17H,6-7,12-13,15-16H2,1-2H3,(H,23,25). The van der Waals surface area contributed by atoms with Crippen molar-refractivity contribution in [3.8, 4) is 11.5 Å². The summed E-state index contributed by atoms with van der Waals surface area (Å²) < 4.78 is 16.5. The molecule has 28 heavy (non-hydrogen) atoms. The number of nitrogens with one attached hydrogen (secondary N) is 1. The minimum Gasteiger partial charge on any atom is -0.497 e. The van der Waals surface area contributed by atoms with Gasteiger partial charge in [0.25, 0.3) is 0 Å². The van der Waals surface area contributed by atoms with Crippen LogP contribution in [-0.2, 0) is 11.3 Å². The lowest BCUT2D eigenvalue weighted by molar-refractivity contribution is 0.111. The van der Waals surface area contributed by atoms with Crippen molar-refractivity contribution in [3.63, 3.8) is 0 Å². The van der Waals surface area contributed by atoms with Crippen LogP contribution in [-0.4, -0.2) is 44.8 Å². The first-order valence-electron chi connectivity index (χ1n) is 9.59. The number of methoxy groups -OCH3 is 1. The van der Waals surface area contributed by atoms with E-state index in [1.165, 1.54) is 12.8 Å². The minimum atomic E-state index is -0.172. The van der Waals surface area contributed by atoms with E-state index in [0.717, 1.165) is 35.3 Å². The van der Waals surface area contributed by atoms with Gasteiger partial charge in [0, 0.05) is 19.3 Å². The first-order chi connectivity index (χ1) is 13.6. The predicted octanol–water partition coefficient (Wildman–Crippen LogP) is 4.16. The number of rotatable bonds is 10. The largest absolute Gasteiger partial charge is 0.497 e. The third-order valence-corrected chi connectivity index (χ3v) is 4.60. The molecule has 0 radical (unpaired) electrons. The molecule has 2 aromatic rings. The molecule has 0 unspecified atom stereocenters. The van der Waals surface area contributed by atoms with E-state index in [4.69, 9.17) is 14.2 Å². The summed E-state index contributed by atoms with van der Waals surface area (Å²) in [6.07, 6.45) is 2.56. The molecule has 6 nitrogen and oxygen atoms in total. The predicted molar refractivity (Wildman–Crippen MR) is 109 cm³/mol. The van der Waals surface area contributed by atoms with Crippen LogP contribution in [0.25, 0.3) is 0 Å². The van der Waals surface area contributed by atoms with Gasteiger partial charge in [-0.2, -0.15) is 0 Å². The Hall–Kier alpha value is -2.73. The van der Waals surface area contributed by atoms with Gasteiger partial charge in [-0.15, -0.1) is 0 Å². The fourth-order valence-corrected chi connectivity index (χ4v) is 2.66. The molecule has 0 aliphatic heterocycles. The van der Waals surface area contributed by atoms with Crippen molar-refractivity contribution in [3.05, 3.63) is 54.1 Å². The van der Waals surface area contributed by atoms with E-state index in [-0.39, 0.29) is 6.03 Å². The van der Waals surface area contributed by atoms with Crippen molar-refractivity contribution in [2.45, 2.75) is 19.4 Å². The number of anilines is 1. The quantitative estimate of drug-likeness (QED) is 0.668. The fraction of sp³-hybridized carbons (Fsp3) is 0.409. The monoisotopic (exact) mass is 384 g/mol. The molecule has 6 heteroatoms. The number of carbonyl (C=O) groups is 1. The molecule has 0 aromatic heterocycles. The van der Waals surface area contributed by atoms with E-state index in [1.54, 1.807) is 19.1 Å². The van der Waals surface area contributed by atoms with E-state index in [2.05, 4.69) is 5.32 Å². The maximum Gasteiger partial charge on any atom is 0.321 e. The molecule has 2 amide bonds. The first-order valence-corrected chi connectivity index (χ1v) is 9.59. The van der Waals surface area contributed by atoms with E-state index < -0.39 is 0 Å². The number of hydrogen-bond donors (Lipinski definition) is 1. The number of hydrogen-bond acceptors (Lipinski definition) is 4. The van der Waals surface area contributed by atoms with Gasteiger partial charge in [0.15, 0.2) is 0 Å². The molecule has 1 fully saturated rings. The molecule has 1 aliphatic rings. The van der Waals surface area contributed by atoms with Crippen molar-refractivity contribution in [1.82, 2.24) is 4.90 Å². The number of ether oxygens (including phenoxy) is 3. The van der Waals surface area contributed by atoms with Gasteiger partial charge in [-0.25, -0.2) is 4.79 Å².